The first-order valence-corrected chi connectivity index (χ1v) is 12.9. The van der Waals surface area contributed by atoms with Crippen LogP contribution in [0.5, 0.6) is 0 Å². The minimum atomic E-state index is -2.67. The first-order valence-electron chi connectivity index (χ1n) is 12.9. The molecule has 0 aromatic rings. The molecular weight excluding hydrogens is 380 g/mol. The van der Waals surface area contributed by atoms with E-state index >= 15 is 4.32 Å². The number of nitrogens with zero attached hydrogens (tertiary/aromatic N) is 1. The highest BCUT2D eigenvalue weighted by atomic mass is 19.1. The fourth-order valence-electron chi connectivity index (χ4n) is 4.55. The van der Waals surface area contributed by atoms with E-state index in [9.17, 15) is 0 Å². The lowest BCUT2D eigenvalue weighted by Gasteiger charge is -2.21. The smallest absolute Gasteiger partial charge is 0.357 e. The van der Waals surface area contributed by atoms with Crippen LogP contribution in [0, 0.1) is 53.0 Å². The molecule has 3 saturated carbocycles. The standard InChI is InChI=1S/C24H33BF.C4H12N/c26-25(19-16-22-10-4-1-5-11-22,20-17-23-12-6-2-7-13-23)21-18-24-14-8-3-9-15-24;1-5(2,3)4/h22-24H,1-15H2;1-4H3/q-1;+1. The van der Waals surface area contributed by atoms with Gasteiger partial charge in [0.25, 0.3) is 0 Å². The molecule has 0 spiro atoms. The normalized spacial score (nSPS) is 21.2. The van der Waals surface area contributed by atoms with Crippen molar-refractivity contribution in [1.82, 2.24) is 0 Å². The van der Waals surface area contributed by atoms with Crippen LogP contribution in [0.3, 0.4) is 0 Å². The Bertz CT molecular complexity index is 605. The summed E-state index contributed by atoms with van der Waals surface area (Å²) in [4.78, 5) is 0. The van der Waals surface area contributed by atoms with Crippen molar-refractivity contribution < 1.29 is 8.80 Å². The van der Waals surface area contributed by atoms with Gasteiger partial charge in [-0.05, 0) is 38.5 Å². The molecule has 3 heteroatoms. The van der Waals surface area contributed by atoms with Gasteiger partial charge in [0, 0.05) is 17.8 Å². The van der Waals surface area contributed by atoms with Crippen LogP contribution < -0.4 is 0 Å². The quantitative estimate of drug-likeness (QED) is 0.233. The summed E-state index contributed by atoms with van der Waals surface area (Å²) in [5, 5.41) is 0. The van der Waals surface area contributed by atoms with Gasteiger partial charge >= 0.3 is 6.42 Å². The number of hydrogen-bond acceptors (Lipinski definition) is 0. The van der Waals surface area contributed by atoms with Crippen molar-refractivity contribution in [3.63, 3.8) is 0 Å². The van der Waals surface area contributed by atoms with Crippen molar-refractivity contribution in [2.45, 2.75) is 96.3 Å². The predicted molar refractivity (Wildman–Crippen MR) is 134 cm³/mol. The van der Waals surface area contributed by atoms with Crippen molar-refractivity contribution in [3.05, 3.63) is 0 Å². The molecular formula is C28H45BFN. The third-order valence-electron chi connectivity index (χ3n) is 6.27. The van der Waals surface area contributed by atoms with Gasteiger partial charge in [-0.25, -0.2) is 17.5 Å². The third kappa shape index (κ3) is 12.3. The van der Waals surface area contributed by atoms with E-state index in [1.165, 1.54) is 57.8 Å². The number of hydrogen-bond donors (Lipinski definition) is 0. The van der Waals surface area contributed by atoms with Crippen LogP contribution in [0.4, 0.5) is 4.32 Å². The van der Waals surface area contributed by atoms with Gasteiger partial charge in [0.15, 0.2) is 0 Å². The molecule has 0 aliphatic heterocycles. The van der Waals surface area contributed by atoms with Crippen molar-refractivity contribution in [2.24, 2.45) is 17.8 Å². The van der Waals surface area contributed by atoms with Crippen molar-refractivity contribution in [3.8, 4) is 35.2 Å². The van der Waals surface area contributed by atoms with Crippen LogP contribution in [0.1, 0.15) is 96.3 Å². The molecule has 172 valence electrons. The number of quaternary nitrogens is 1. The summed E-state index contributed by atoms with van der Waals surface area (Å²) >= 11 is 0. The third-order valence-corrected chi connectivity index (χ3v) is 6.27. The Morgan fingerprint density at radius 1 is 0.516 bits per heavy atom. The molecule has 3 fully saturated rings. The van der Waals surface area contributed by atoms with Crippen LogP contribution in [-0.2, 0) is 0 Å². The van der Waals surface area contributed by atoms with Gasteiger partial charge in [0.2, 0.25) is 0 Å². The van der Waals surface area contributed by atoms with Crippen LogP contribution in [0.25, 0.3) is 0 Å². The van der Waals surface area contributed by atoms with E-state index in [0.717, 1.165) is 43.0 Å². The second-order valence-electron chi connectivity index (χ2n) is 11.3. The molecule has 0 amide bonds. The first-order chi connectivity index (χ1) is 14.7. The molecule has 3 aliphatic rings. The van der Waals surface area contributed by atoms with E-state index < -0.39 is 6.42 Å². The topological polar surface area (TPSA) is 0 Å². The van der Waals surface area contributed by atoms with Crippen LogP contribution >= 0.6 is 0 Å². The lowest BCUT2D eigenvalue weighted by molar-refractivity contribution is -0.849. The Hall–Kier alpha value is -1.37. The van der Waals surface area contributed by atoms with Gasteiger partial charge in [-0.2, -0.15) is 0 Å². The van der Waals surface area contributed by atoms with Gasteiger partial charge < -0.3 is 8.80 Å². The molecule has 0 radical (unpaired) electrons. The summed E-state index contributed by atoms with van der Waals surface area (Å²) < 4.78 is 16.6. The highest BCUT2D eigenvalue weighted by Gasteiger charge is 2.19. The first kappa shape index (κ1) is 25.9. The zero-order valence-electron chi connectivity index (χ0n) is 20.7. The van der Waals surface area contributed by atoms with Gasteiger partial charge in [0.05, 0.1) is 28.2 Å². The average Bonchev–Trinajstić information content (AvgIpc) is 2.76. The molecule has 0 heterocycles. The Morgan fingerprint density at radius 2 is 0.742 bits per heavy atom. The average molecular weight is 425 g/mol. The van der Waals surface area contributed by atoms with E-state index in [2.05, 4.69) is 63.4 Å². The number of halogens is 1. The molecule has 0 bridgehead atoms. The summed E-state index contributed by atoms with van der Waals surface area (Å²) in [5.74, 6) is 19.6. The van der Waals surface area contributed by atoms with Gasteiger partial charge in [-0.3, -0.25) is 0 Å². The maximum atomic E-state index is 15.6. The summed E-state index contributed by atoms with van der Waals surface area (Å²) in [6.07, 6.45) is 15.3. The van der Waals surface area contributed by atoms with Crippen LogP contribution in [0.2, 0.25) is 0 Å². The van der Waals surface area contributed by atoms with Crippen molar-refractivity contribution in [1.29, 1.82) is 0 Å². The summed E-state index contributed by atoms with van der Waals surface area (Å²) in [5.41, 5.74) is 0. The Morgan fingerprint density at radius 3 is 0.968 bits per heavy atom. The van der Waals surface area contributed by atoms with E-state index in [0.29, 0.717) is 17.8 Å². The van der Waals surface area contributed by atoms with E-state index in [1.54, 1.807) is 0 Å². The predicted octanol–water partition coefficient (Wildman–Crippen LogP) is 6.59. The fraction of sp³-hybridized carbons (Fsp3) is 0.786. The lowest BCUT2D eigenvalue weighted by Crippen LogP contribution is -2.27. The van der Waals surface area contributed by atoms with Gasteiger partial charge in [-0.1, -0.05) is 57.8 Å². The second-order valence-corrected chi connectivity index (χ2v) is 11.3. The fourth-order valence-corrected chi connectivity index (χ4v) is 4.55. The zero-order chi connectivity index (χ0) is 22.6. The van der Waals surface area contributed by atoms with Gasteiger partial charge in [0.1, 0.15) is 0 Å². The van der Waals surface area contributed by atoms with E-state index in [-0.39, 0.29) is 0 Å². The molecule has 0 aromatic heterocycles. The molecule has 3 aliphatic carbocycles. The van der Waals surface area contributed by atoms with E-state index in [4.69, 9.17) is 0 Å². The molecule has 0 aromatic carbocycles. The molecule has 1 nitrogen and oxygen atoms in total. The molecule has 31 heavy (non-hydrogen) atoms. The van der Waals surface area contributed by atoms with E-state index in [1.807, 2.05) is 0 Å². The molecule has 0 saturated heterocycles. The zero-order valence-corrected chi connectivity index (χ0v) is 20.7. The van der Waals surface area contributed by atoms with Crippen molar-refractivity contribution in [2.75, 3.05) is 28.2 Å². The minimum Gasteiger partial charge on any atom is -0.472 e. The minimum absolute atomic E-state index is 0.355. The highest BCUT2D eigenvalue weighted by Crippen LogP contribution is 2.25. The highest BCUT2D eigenvalue weighted by molar-refractivity contribution is 6.95. The maximum Gasteiger partial charge on any atom is 0.357 e. The molecule has 0 unspecified atom stereocenters. The summed E-state index contributed by atoms with van der Waals surface area (Å²) in [6.45, 7) is 0. The maximum absolute atomic E-state index is 15.6. The van der Waals surface area contributed by atoms with Gasteiger partial charge in [-0.15, -0.1) is 17.8 Å². The van der Waals surface area contributed by atoms with Crippen molar-refractivity contribution >= 4 is 6.42 Å². The number of rotatable bonds is 0. The summed E-state index contributed by atoms with van der Waals surface area (Å²) in [6, 6.07) is 0. The Balaban J connectivity index is 0.000000614. The second kappa shape index (κ2) is 13.2. The lowest BCUT2D eigenvalue weighted by atomic mass is 9.45. The van der Waals surface area contributed by atoms with Crippen LogP contribution in [-0.4, -0.2) is 39.1 Å². The Kier molecular flexibility index (Phi) is 11.1. The van der Waals surface area contributed by atoms with Crippen LogP contribution in [0.15, 0.2) is 0 Å². The summed E-state index contributed by atoms with van der Waals surface area (Å²) in [7, 11) is 8.50. The Labute approximate surface area is 192 Å². The monoisotopic (exact) mass is 425 g/mol. The largest absolute Gasteiger partial charge is 0.472 e. The molecule has 0 atom stereocenters. The molecule has 3 rings (SSSR count). The molecule has 0 N–H and O–H groups in total. The SMILES string of the molecule is C[N+](C)(C)C.F[B-](C#CC1CCCCC1)(C#CC1CCCCC1)C#CC1CCCCC1.